The second-order valence-corrected chi connectivity index (χ2v) is 7.65. The molecule has 0 radical (unpaired) electrons. The number of hydrogen-bond acceptors (Lipinski definition) is 7. The average Bonchev–Trinajstić information content (AvgIpc) is 3.27. The Balaban J connectivity index is 1.81. The Labute approximate surface area is 165 Å². The Hall–Kier alpha value is -2.72. The maximum atomic E-state index is 13.0. The SMILES string of the molecule is CCOC(=O)c1cnn(C(=O)c2sc3nc4ccc(Br)cc4n3c2C)c1N. The second kappa shape index (κ2) is 6.46. The molecule has 0 spiro atoms. The normalized spacial score (nSPS) is 11.4. The first-order valence-corrected chi connectivity index (χ1v) is 9.65. The Morgan fingerprint density at radius 3 is 2.89 bits per heavy atom. The summed E-state index contributed by atoms with van der Waals surface area (Å²) in [4.78, 5) is 30.6. The van der Waals surface area contributed by atoms with Gasteiger partial charge in [0.1, 0.15) is 16.3 Å². The molecule has 27 heavy (non-hydrogen) atoms. The van der Waals surface area contributed by atoms with Crippen molar-refractivity contribution in [2.45, 2.75) is 13.8 Å². The molecule has 0 saturated heterocycles. The minimum Gasteiger partial charge on any atom is -0.462 e. The molecule has 2 N–H and O–H groups in total. The van der Waals surface area contributed by atoms with Crippen LogP contribution in [0.25, 0.3) is 16.0 Å². The van der Waals surface area contributed by atoms with E-state index in [-0.39, 0.29) is 18.0 Å². The van der Waals surface area contributed by atoms with E-state index >= 15 is 0 Å². The highest BCUT2D eigenvalue weighted by molar-refractivity contribution is 9.10. The zero-order valence-corrected chi connectivity index (χ0v) is 16.8. The molecule has 0 fully saturated rings. The van der Waals surface area contributed by atoms with Crippen molar-refractivity contribution in [1.29, 1.82) is 0 Å². The fraction of sp³-hybridized carbons (Fsp3) is 0.176. The molecule has 1 aromatic carbocycles. The predicted octanol–water partition coefficient (Wildman–Crippen LogP) is 3.26. The molecule has 0 bridgehead atoms. The highest BCUT2D eigenvalue weighted by atomic mass is 79.9. The summed E-state index contributed by atoms with van der Waals surface area (Å²) in [6, 6.07) is 5.78. The number of nitrogens with zero attached hydrogens (tertiary/aromatic N) is 4. The topological polar surface area (TPSA) is 105 Å². The number of aromatic nitrogens is 4. The van der Waals surface area contributed by atoms with Crippen LogP contribution in [0.5, 0.6) is 0 Å². The van der Waals surface area contributed by atoms with Crippen molar-refractivity contribution < 1.29 is 14.3 Å². The molecule has 138 valence electrons. The van der Waals surface area contributed by atoms with Crippen LogP contribution in [0.2, 0.25) is 0 Å². The minimum absolute atomic E-state index is 0.0449. The van der Waals surface area contributed by atoms with E-state index in [0.717, 1.165) is 25.9 Å². The van der Waals surface area contributed by atoms with Crippen molar-refractivity contribution in [3.8, 4) is 0 Å². The molecular weight excluding hydrogens is 434 g/mol. The van der Waals surface area contributed by atoms with Crippen molar-refractivity contribution in [1.82, 2.24) is 19.2 Å². The van der Waals surface area contributed by atoms with Gasteiger partial charge in [-0.2, -0.15) is 9.78 Å². The van der Waals surface area contributed by atoms with E-state index in [1.165, 1.54) is 17.5 Å². The van der Waals surface area contributed by atoms with Gasteiger partial charge >= 0.3 is 5.97 Å². The monoisotopic (exact) mass is 447 g/mol. The quantitative estimate of drug-likeness (QED) is 0.483. The number of imidazole rings is 1. The summed E-state index contributed by atoms with van der Waals surface area (Å²) >= 11 is 4.71. The van der Waals surface area contributed by atoms with E-state index in [1.807, 2.05) is 29.5 Å². The van der Waals surface area contributed by atoms with Gasteiger partial charge in [-0.1, -0.05) is 27.3 Å². The van der Waals surface area contributed by atoms with Crippen LogP contribution >= 0.6 is 27.3 Å². The van der Waals surface area contributed by atoms with Gasteiger partial charge in [-0.15, -0.1) is 0 Å². The Kier molecular flexibility index (Phi) is 4.23. The van der Waals surface area contributed by atoms with Crippen LogP contribution in [0.3, 0.4) is 0 Å². The summed E-state index contributed by atoms with van der Waals surface area (Å²) in [6.07, 6.45) is 1.24. The third-order valence-electron chi connectivity index (χ3n) is 4.13. The van der Waals surface area contributed by atoms with Crippen LogP contribution < -0.4 is 5.73 Å². The van der Waals surface area contributed by atoms with Gasteiger partial charge in [0.25, 0.3) is 5.91 Å². The molecule has 3 aromatic heterocycles. The third kappa shape index (κ3) is 2.72. The highest BCUT2D eigenvalue weighted by Gasteiger charge is 2.25. The minimum atomic E-state index is -0.609. The average molecular weight is 448 g/mol. The predicted molar refractivity (Wildman–Crippen MR) is 105 cm³/mol. The standard InChI is InChI=1S/C17H14BrN5O3S/c1-3-26-16(25)10-7-20-23(14(10)19)15(24)13-8(2)22-12-6-9(18)4-5-11(12)21-17(22)27-13/h4-7H,3,19H2,1-2H3. The Morgan fingerprint density at radius 2 is 2.15 bits per heavy atom. The Bertz CT molecular complexity index is 1220. The summed E-state index contributed by atoms with van der Waals surface area (Å²) in [5.74, 6) is -1.07. The number of thiazole rings is 1. The van der Waals surface area contributed by atoms with Crippen molar-refractivity contribution in [3.63, 3.8) is 0 Å². The van der Waals surface area contributed by atoms with E-state index < -0.39 is 11.9 Å². The van der Waals surface area contributed by atoms with Crippen molar-refractivity contribution in [3.05, 3.63) is 45.0 Å². The number of carbonyl (C=O) groups is 2. The lowest BCUT2D eigenvalue weighted by Gasteiger charge is -2.04. The second-order valence-electron chi connectivity index (χ2n) is 5.76. The van der Waals surface area contributed by atoms with Crippen LogP contribution in [0.15, 0.2) is 28.9 Å². The number of benzene rings is 1. The number of esters is 1. The summed E-state index contributed by atoms with van der Waals surface area (Å²) in [7, 11) is 0. The molecule has 0 unspecified atom stereocenters. The molecule has 0 amide bonds. The molecule has 3 heterocycles. The number of fused-ring (bicyclic) bond motifs is 3. The van der Waals surface area contributed by atoms with E-state index in [2.05, 4.69) is 26.0 Å². The van der Waals surface area contributed by atoms with Crippen LogP contribution in [0.1, 0.15) is 32.6 Å². The summed E-state index contributed by atoms with van der Waals surface area (Å²) in [5, 5.41) is 3.98. The molecule has 0 saturated carbocycles. The highest BCUT2D eigenvalue weighted by Crippen LogP contribution is 2.30. The number of rotatable bonds is 3. The number of carbonyl (C=O) groups excluding carboxylic acids is 2. The van der Waals surface area contributed by atoms with Crippen molar-refractivity contribution in [2.24, 2.45) is 0 Å². The first kappa shape index (κ1) is 17.7. The van der Waals surface area contributed by atoms with Crippen LogP contribution in [-0.2, 0) is 4.74 Å². The van der Waals surface area contributed by atoms with E-state index in [0.29, 0.717) is 9.84 Å². The Morgan fingerprint density at radius 1 is 1.37 bits per heavy atom. The molecule has 10 heteroatoms. The lowest BCUT2D eigenvalue weighted by atomic mass is 10.3. The fourth-order valence-corrected chi connectivity index (χ4v) is 4.28. The van der Waals surface area contributed by atoms with E-state index in [4.69, 9.17) is 10.5 Å². The zero-order chi connectivity index (χ0) is 19.3. The first-order valence-electron chi connectivity index (χ1n) is 8.04. The van der Waals surface area contributed by atoms with Gasteiger partial charge in [0.2, 0.25) is 0 Å². The van der Waals surface area contributed by atoms with Gasteiger partial charge in [-0.25, -0.2) is 9.78 Å². The summed E-state index contributed by atoms with van der Waals surface area (Å²) < 4.78 is 8.79. The molecule has 4 aromatic rings. The van der Waals surface area contributed by atoms with Gasteiger partial charge in [0, 0.05) is 10.2 Å². The van der Waals surface area contributed by atoms with E-state index in [9.17, 15) is 9.59 Å². The van der Waals surface area contributed by atoms with E-state index in [1.54, 1.807) is 6.92 Å². The molecule has 8 nitrogen and oxygen atoms in total. The number of anilines is 1. The summed E-state index contributed by atoms with van der Waals surface area (Å²) in [5.41, 5.74) is 8.49. The van der Waals surface area contributed by atoms with Crippen LogP contribution in [-0.4, -0.2) is 37.6 Å². The largest absolute Gasteiger partial charge is 0.462 e. The number of ether oxygens (including phenoxy) is 1. The smallest absolute Gasteiger partial charge is 0.343 e. The van der Waals surface area contributed by atoms with Gasteiger partial charge in [-0.05, 0) is 32.0 Å². The fourth-order valence-electron chi connectivity index (χ4n) is 2.87. The maximum absolute atomic E-state index is 13.0. The van der Waals surface area contributed by atoms with Gasteiger partial charge in [-0.3, -0.25) is 9.20 Å². The molecule has 0 aliphatic rings. The molecule has 0 aliphatic carbocycles. The third-order valence-corrected chi connectivity index (χ3v) is 5.76. The first-order chi connectivity index (χ1) is 12.9. The van der Waals surface area contributed by atoms with Gasteiger partial charge in [0.05, 0.1) is 23.8 Å². The van der Waals surface area contributed by atoms with Gasteiger partial charge in [0.15, 0.2) is 4.96 Å². The van der Waals surface area contributed by atoms with Gasteiger partial charge < -0.3 is 10.5 Å². The van der Waals surface area contributed by atoms with Crippen molar-refractivity contribution in [2.75, 3.05) is 12.3 Å². The molecule has 0 aliphatic heterocycles. The van der Waals surface area contributed by atoms with Crippen LogP contribution in [0.4, 0.5) is 5.82 Å². The number of nitrogen functional groups attached to an aromatic ring is 1. The summed E-state index contributed by atoms with van der Waals surface area (Å²) in [6.45, 7) is 3.74. The lowest BCUT2D eigenvalue weighted by molar-refractivity contribution is 0.0527. The molecule has 4 rings (SSSR count). The number of hydrogen-bond donors (Lipinski definition) is 1. The number of nitrogens with two attached hydrogens (primary N) is 1. The zero-order valence-electron chi connectivity index (χ0n) is 14.4. The maximum Gasteiger partial charge on any atom is 0.343 e. The van der Waals surface area contributed by atoms with Crippen molar-refractivity contribution >= 4 is 61.0 Å². The molecule has 0 atom stereocenters. The number of aryl methyl sites for hydroxylation is 1. The lowest BCUT2D eigenvalue weighted by Crippen LogP contribution is -2.17. The van der Waals surface area contributed by atoms with Crippen LogP contribution in [0, 0.1) is 6.92 Å². The molecular formula is C17H14BrN5O3S. The number of halogens is 1.